The first kappa shape index (κ1) is 42.0. The van der Waals surface area contributed by atoms with E-state index < -0.39 is 58.8 Å². The zero-order valence-corrected chi connectivity index (χ0v) is 31.6. The second-order valence-corrected chi connectivity index (χ2v) is 15.6. The van der Waals surface area contributed by atoms with Crippen LogP contribution < -0.4 is 20.2 Å². The minimum atomic E-state index is -5.55. The van der Waals surface area contributed by atoms with Crippen LogP contribution in [0.2, 0.25) is 5.28 Å². The van der Waals surface area contributed by atoms with E-state index in [0.29, 0.717) is 5.75 Å². The summed E-state index contributed by atoms with van der Waals surface area (Å²) in [6.45, 7) is 5.83. The number of ether oxygens (including phenoxy) is 2. The molecule has 2 aromatic heterocycles. The van der Waals surface area contributed by atoms with Gasteiger partial charge in [-0.3, -0.25) is 13.9 Å². The van der Waals surface area contributed by atoms with E-state index in [1.807, 2.05) is 0 Å². The number of aromatic nitrogens is 4. The Morgan fingerprint density at radius 2 is 1.88 bits per heavy atom. The normalized spacial score (nSPS) is 22.0. The standard InChI is InChI=1S/C22H28ClFN6O10P2S.C7H16/c1-36-21(32)13(8-9-43-2)29-41(33,39-12-6-4-3-5-7-12)40-42(34,35)37-10-14-17(31)15(24)20(38-14)30-11-26-16-18(25)27-22(23)28-19(16)30;1-4-7(5-2)6-3/h3-7,11,13-15,17,20,31H,8-10H2,1-2H3,(H,29,33)(H,34,35)(H2,25,27,28);7H,4-6H2,1-3H3/p-1/t13-,14+,15?,17-,20+,41?;/m0./s1. The number of halogens is 2. The van der Waals surface area contributed by atoms with Gasteiger partial charge in [0, 0.05) is 0 Å². The number of fused-ring (bicyclic) bond motifs is 1. The molecule has 0 radical (unpaired) electrons. The van der Waals surface area contributed by atoms with Gasteiger partial charge in [0.2, 0.25) is 5.28 Å². The number of hydrogen-bond donors (Lipinski definition) is 3. The van der Waals surface area contributed by atoms with Crippen molar-refractivity contribution in [3.05, 3.63) is 41.9 Å². The molecule has 7 atom stereocenters. The number of aliphatic hydroxyl groups is 1. The van der Waals surface area contributed by atoms with Crippen LogP contribution in [-0.2, 0) is 32.2 Å². The third-order valence-corrected chi connectivity index (χ3v) is 11.7. The molecule has 0 amide bonds. The average Bonchev–Trinajstić information content (AvgIpc) is 3.62. The Hall–Kier alpha value is -2.37. The van der Waals surface area contributed by atoms with Crippen LogP contribution in [0.15, 0.2) is 36.7 Å². The first-order valence-corrected chi connectivity index (χ1v) is 20.5. The summed E-state index contributed by atoms with van der Waals surface area (Å²) < 4.78 is 68.0. The summed E-state index contributed by atoms with van der Waals surface area (Å²) in [5.74, 6) is 0.412. The number of methoxy groups -OCH3 is 1. The molecular weight excluding hydrogens is 741 g/mol. The Morgan fingerprint density at radius 3 is 2.46 bits per heavy atom. The molecule has 4 rings (SSSR count). The van der Waals surface area contributed by atoms with Crippen molar-refractivity contribution in [2.24, 2.45) is 5.92 Å². The van der Waals surface area contributed by atoms with E-state index in [4.69, 9.17) is 40.2 Å². The molecule has 1 aromatic carbocycles. The molecule has 0 saturated carbocycles. The van der Waals surface area contributed by atoms with Crippen molar-refractivity contribution < 1.29 is 51.1 Å². The third-order valence-electron chi connectivity index (χ3n) is 7.70. The van der Waals surface area contributed by atoms with E-state index >= 15 is 4.39 Å². The number of nitrogens with two attached hydrogens (primary N) is 1. The van der Waals surface area contributed by atoms with E-state index in [9.17, 15) is 23.9 Å². The lowest BCUT2D eigenvalue weighted by Gasteiger charge is -2.30. The quantitative estimate of drug-likeness (QED) is 0.0924. The lowest BCUT2D eigenvalue weighted by molar-refractivity contribution is -0.220. The number of para-hydroxylation sites is 1. The summed E-state index contributed by atoms with van der Waals surface area (Å²) in [6.07, 6.45) is -0.00940. The number of aliphatic hydroxyl groups excluding tert-OH is 1. The van der Waals surface area contributed by atoms with Gasteiger partial charge in [-0.05, 0) is 48.1 Å². The maximum absolute atomic E-state index is 15.1. The lowest BCUT2D eigenvalue weighted by Crippen LogP contribution is -2.38. The van der Waals surface area contributed by atoms with Crippen molar-refractivity contribution in [3.8, 4) is 5.75 Å². The van der Waals surface area contributed by atoms with Crippen LogP contribution in [0.5, 0.6) is 5.75 Å². The van der Waals surface area contributed by atoms with Gasteiger partial charge < -0.3 is 34.3 Å². The lowest BCUT2D eigenvalue weighted by atomic mass is 10.0. The number of esters is 1. The Balaban J connectivity index is 0.000000872. The number of nitrogens with one attached hydrogen (secondary N) is 1. The zero-order chi connectivity index (χ0) is 37.1. The number of phosphoric ester groups is 1. The van der Waals surface area contributed by atoms with Gasteiger partial charge in [0.25, 0.3) is 7.82 Å². The molecule has 0 aliphatic carbocycles. The van der Waals surface area contributed by atoms with Crippen LogP contribution in [0.25, 0.3) is 11.2 Å². The number of phosphoric acid groups is 1. The molecule has 16 nitrogen and oxygen atoms in total. The predicted octanol–water partition coefficient (Wildman–Crippen LogP) is 5.06. The van der Waals surface area contributed by atoms with E-state index in [1.165, 1.54) is 55.3 Å². The fraction of sp³-hybridized carbons (Fsp3) is 0.586. The number of anilines is 1. The summed E-state index contributed by atoms with van der Waals surface area (Å²) >= 11 is 7.22. The number of thioether (sulfide) groups is 1. The SMILES string of the molecule is CCC(CC)CC.COC(=O)[C@H](CCSC)NP(=O)(Oc1ccccc1)OP(=O)([O-])OC[C@H]1O[C@@H](n2cnc3c(N)nc(Cl)nc32)C(F)[C@H]1O. The average molecular weight is 784 g/mol. The van der Waals surface area contributed by atoms with Gasteiger partial charge in [-0.25, -0.2) is 18.3 Å². The van der Waals surface area contributed by atoms with Gasteiger partial charge in [0.1, 0.15) is 29.5 Å². The first-order valence-electron chi connectivity index (χ1n) is 15.7. The van der Waals surface area contributed by atoms with E-state index in [1.54, 1.807) is 12.3 Å². The Labute approximate surface area is 299 Å². The summed E-state index contributed by atoms with van der Waals surface area (Å²) in [6, 6.07) is 6.15. The molecule has 0 spiro atoms. The van der Waals surface area contributed by atoms with Gasteiger partial charge in [-0.15, -0.1) is 0 Å². The van der Waals surface area contributed by atoms with E-state index in [0.717, 1.165) is 23.9 Å². The molecular formula is C29H43ClFN6O10P2S-. The Bertz CT molecular complexity index is 1620. The minimum absolute atomic E-state index is 0.00320. The van der Waals surface area contributed by atoms with Gasteiger partial charge in [0.05, 0.1) is 20.0 Å². The number of nitrogen functional groups attached to an aromatic ring is 1. The second-order valence-electron chi connectivity index (χ2n) is 11.0. The number of hydrogen-bond acceptors (Lipinski definition) is 15. The molecule has 1 aliphatic rings. The summed E-state index contributed by atoms with van der Waals surface area (Å²) in [5.41, 5.74) is 5.87. The molecule has 1 saturated heterocycles. The fourth-order valence-corrected chi connectivity index (χ4v) is 8.44. The smallest absolute Gasteiger partial charge is 0.465 e. The molecule has 0 bridgehead atoms. The third kappa shape index (κ3) is 11.6. The van der Waals surface area contributed by atoms with Gasteiger partial charge in [-0.1, -0.05) is 58.2 Å². The summed E-state index contributed by atoms with van der Waals surface area (Å²) in [7, 11) is -9.34. The van der Waals surface area contributed by atoms with Crippen molar-refractivity contribution in [2.45, 2.75) is 77.1 Å². The largest absolute Gasteiger partial charge is 0.756 e. The number of carbonyl (C=O) groups is 1. The van der Waals surface area contributed by atoms with Crippen LogP contribution in [0, 0.1) is 5.92 Å². The molecule has 4 N–H and O–H groups in total. The van der Waals surface area contributed by atoms with E-state index in [2.05, 4.69) is 40.8 Å². The van der Waals surface area contributed by atoms with Gasteiger partial charge >= 0.3 is 13.7 Å². The van der Waals surface area contributed by atoms with Crippen molar-refractivity contribution in [1.82, 2.24) is 24.6 Å². The van der Waals surface area contributed by atoms with Gasteiger partial charge in [0.15, 0.2) is 23.9 Å². The van der Waals surface area contributed by atoms with Crippen molar-refractivity contribution >= 4 is 61.9 Å². The number of benzene rings is 1. The molecule has 3 unspecified atom stereocenters. The molecule has 50 heavy (non-hydrogen) atoms. The molecule has 21 heteroatoms. The molecule has 1 fully saturated rings. The maximum Gasteiger partial charge on any atom is 0.465 e. The number of rotatable bonds is 17. The maximum atomic E-state index is 15.1. The Kier molecular flexibility index (Phi) is 16.4. The predicted molar refractivity (Wildman–Crippen MR) is 185 cm³/mol. The highest BCUT2D eigenvalue weighted by molar-refractivity contribution is 7.98. The summed E-state index contributed by atoms with van der Waals surface area (Å²) in [4.78, 5) is 36.9. The van der Waals surface area contributed by atoms with Crippen LogP contribution >= 0.6 is 38.9 Å². The van der Waals surface area contributed by atoms with Crippen LogP contribution in [0.1, 0.15) is 52.7 Å². The van der Waals surface area contributed by atoms with Crippen molar-refractivity contribution in [3.63, 3.8) is 0 Å². The van der Waals surface area contributed by atoms with Crippen LogP contribution in [0.3, 0.4) is 0 Å². The van der Waals surface area contributed by atoms with Crippen molar-refractivity contribution in [2.75, 3.05) is 31.5 Å². The fourth-order valence-electron chi connectivity index (χ4n) is 4.84. The molecule has 3 aromatic rings. The van der Waals surface area contributed by atoms with Crippen molar-refractivity contribution in [1.29, 1.82) is 0 Å². The number of nitrogens with zero attached hydrogens (tertiary/aromatic N) is 4. The minimum Gasteiger partial charge on any atom is -0.756 e. The highest BCUT2D eigenvalue weighted by atomic mass is 35.5. The number of carbonyl (C=O) groups excluding carboxylic acids is 1. The summed E-state index contributed by atoms with van der Waals surface area (Å²) in [5, 5.41) is 12.5. The number of imidazole rings is 1. The van der Waals surface area contributed by atoms with Crippen LogP contribution in [0.4, 0.5) is 10.2 Å². The Morgan fingerprint density at radius 1 is 1.22 bits per heavy atom. The zero-order valence-electron chi connectivity index (χ0n) is 28.2. The molecule has 280 valence electrons. The topological polar surface area (TPSA) is 222 Å². The first-order chi connectivity index (χ1) is 23.7. The highest BCUT2D eigenvalue weighted by Gasteiger charge is 2.47. The molecule has 3 heterocycles. The van der Waals surface area contributed by atoms with Crippen LogP contribution in [-0.4, -0.2) is 80.7 Å². The monoisotopic (exact) mass is 783 g/mol. The second kappa shape index (κ2) is 19.5. The molecule has 1 aliphatic heterocycles. The van der Waals surface area contributed by atoms with E-state index in [-0.39, 0.29) is 34.4 Å². The highest BCUT2D eigenvalue weighted by Crippen LogP contribution is 2.58. The van der Waals surface area contributed by atoms with Gasteiger partial charge in [-0.2, -0.15) is 26.8 Å². The number of alkyl halides is 1.